The highest BCUT2D eigenvalue weighted by Crippen LogP contribution is 2.23. The Bertz CT molecular complexity index is 470. The van der Waals surface area contributed by atoms with E-state index in [1.165, 1.54) is 5.56 Å². The predicted molar refractivity (Wildman–Crippen MR) is 77.5 cm³/mol. The van der Waals surface area contributed by atoms with Gasteiger partial charge < -0.3 is 0 Å². The molecule has 0 amide bonds. The van der Waals surface area contributed by atoms with Crippen molar-refractivity contribution in [1.82, 2.24) is 0 Å². The van der Waals surface area contributed by atoms with Crippen LogP contribution in [-0.4, -0.2) is 14.2 Å². The molecule has 0 heterocycles. The van der Waals surface area contributed by atoms with Crippen LogP contribution < -0.4 is 4.72 Å². The molecule has 1 rings (SSSR count). The number of sulfonamides is 1. The molecule has 0 aliphatic heterocycles. The van der Waals surface area contributed by atoms with Crippen molar-refractivity contribution in [3.8, 4) is 0 Å². The standard InChI is InChI=1S/C14H23NO2S/c1-5-6-11-18(16,17)15-13-9-7-12(8-10-13)14(2,3)4/h7-10,15H,5-6,11H2,1-4H3. The summed E-state index contributed by atoms with van der Waals surface area (Å²) in [5.41, 5.74) is 1.91. The van der Waals surface area contributed by atoms with Crippen molar-refractivity contribution in [2.75, 3.05) is 10.5 Å². The zero-order chi connectivity index (χ0) is 13.8. The Morgan fingerprint density at radius 1 is 1.11 bits per heavy atom. The van der Waals surface area contributed by atoms with Crippen molar-refractivity contribution in [1.29, 1.82) is 0 Å². The molecule has 0 atom stereocenters. The van der Waals surface area contributed by atoms with E-state index in [-0.39, 0.29) is 11.2 Å². The topological polar surface area (TPSA) is 46.2 Å². The quantitative estimate of drug-likeness (QED) is 0.889. The Morgan fingerprint density at radius 2 is 1.67 bits per heavy atom. The first-order chi connectivity index (χ1) is 8.24. The van der Waals surface area contributed by atoms with E-state index >= 15 is 0 Å². The predicted octanol–water partition coefficient (Wildman–Crippen LogP) is 3.53. The highest BCUT2D eigenvalue weighted by molar-refractivity contribution is 7.92. The van der Waals surface area contributed by atoms with Gasteiger partial charge in [-0.3, -0.25) is 4.72 Å². The molecule has 18 heavy (non-hydrogen) atoms. The highest BCUT2D eigenvalue weighted by atomic mass is 32.2. The van der Waals surface area contributed by atoms with Crippen molar-refractivity contribution in [2.45, 2.75) is 46.0 Å². The molecule has 0 saturated carbocycles. The van der Waals surface area contributed by atoms with Crippen LogP contribution in [0.1, 0.15) is 46.1 Å². The minimum Gasteiger partial charge on any atom is -0.284 e. The van der Waals surface area contributed by atoms with Gasteiger partial charge in [-0.05, 0) is 29.5 Å². The number of hydrogen-bond acceptors (Lipinski definition) is 2. The Kier molecular flexibility index (Phi) is 4.79. The van der Waals surface area contributed by atoms with Crippen LogP contribution in [0.15, 0.2) is 24.3 Å². The Morgan fingerprint density at radius 3 is 2.11 bits per heavy atom. The molecule has 1 aromatic carbocycles. The van der Waals surface area contributed by atoms with E-state index in [0.717, 1.165) is 6.42 Å². The molecule has 0 aliphatic rings. The van der Waals surface area contributed by atoms with E-state index in [1.54, 1.807) is 0 Å². The molecule has 0 unspecified atom stereocenters. The molecule has 0 fully saturated rings. The molecule has 0 saturated heterocycles. The van der Waals surface area contributed by atoms with E-state index in [4.69, 9.17) is 0 Å². The van der Waals surface area contributed by atoms with E-state index < -0.39 is 10.0 Å². The van der Waals surface area contributed by atoms with Gasteiger partial charge in [0.05, 0.1) is 5.75 Å². The average molecular weight is 269 g/mol. The molecule has 3 nitrogen and oxygen atoms in total. The summed E-state index contributed by atoms with van der Waals surface area (Å²) in [7, 11) is -3.20. The lowest BCUT2D eigenvalue weighted by Gasteiger charge is -2.19. The fraction of sp³-hybridized carbons (Fsp3) is 0.571. The van der Waals surface area contributed by atoms with E-state index in [0.29, 0.717) is 12.1 Å². The Labute approximate surface area is 111 Å². The first kappa shape index (κ1) is 15.0. The average Bonchev–Trinajstić information content (AvgIpc) is 2.25. The van der Waals surface area contributed by atoms with Crippen LogP contribution in [0.3, 0.4) is 0 Å². The van der Waals surface area contributed by atoms with Gasteiger partial charge in [0.25, 0.3) is 0 Å². The zero-order valence-electron chi connectivity index (χ0n) is 11.7. The SMILES string of the molecule is CCCCS(=O)(=O)Nc1ccc(C(C)(C)C)cc1. The van der Waals surface area contributed by atoms with Crippen LogP contribution in [-0.2, 0) is 15.4 Å². The third-order valence-corrected chi connectivity index (χ3v) is 4.16. The lowest BCUT2D eigenvalue weighted by atomic mass is 9.87. The van der Waals surface area contributed by atoms with Crippen LogP contribution >= 0.6 is 0 Å². The molecule has 0 aliphatic carbocycles. The lowest BCUT2D eigenvalue weighted by Crippen LogP contribution is -2.17. The number of benzene rings is 1. The first-order valence-corrected chi connectivity index (χ1v) is 8.01. The molecule has 0 spiro atoms. The second-order valence-electron chi connectivity index (χ2n) is 5.60. The molecule has 1 N–H and O–H groups in total. The minimum atomic E-state index is -3.20. The molecule has 4 heteroatoms. The van der Waals surface area contributed by atoms with Gasteiger partial charge >= 0.3 is 0 Å². The Balaban J connectivity index is 2.75. The van der Waals surface area contributed by atoms with Gasteiger partial charge in [0, 0.05) is 5.69 Å². The minimum absolute atomic E-state index is 0.0830. The van der Waals surface area contributed by atoms with Crippen molar-refractivity contribution < 1.29 is 8.42 Å². The molecule has 0 aromatic heterocycles. The molecular weight excluding hydrogens is 246 g/mol. The number of anilines is 1. The summed E-state index contributed by atoms with van der Waals surface area (Å²) in [5.74, 6) is 0.185. The van der Waals surface area contributed by atoms with Gasteiger partial charge in [-0.1, -0.05) is 46.2 Å². The number of hydrogen-bond donors (Lipinski definition) is 1. The molecule has 0 radical (unpaired) electrons. The van der Waals surface area contributed by atoms with E-state index in [1.807, 2.05) is 31.2 Å². The zero-order valence-corrected chi connectivity index (χ0v) is 12.5. The van der Waals surface area contributed by atoms with Gasteiger partial charge in [0.15, 0.2) is 0 Å². The third-order valence-electron chi connectivity index (χ3n) is 2.79. The summed E-state index contributed by atoms with van der Waals surface area (Å²) in [6.45, 7) is 8.38. The number of nitrogens with one attached hydrogen (secondary N) is 1. The van der Waals surface area contributed by atoms with Crippen LogP contribution in [0.25, 0.3) is 0 Å². The largest absolute Gasteiger partial charge is 0.284 e. The molecular formula is C14H23NO2S. The Hall–Kier alpha value is -1.03. The third kappa shape index (κ3) is 4.69. The fourth-order valence-electron chi connectivity index (χ4n) is 1.60. The van der Waals surface area contributed by atoms with Crippen LogP contribution in [0.2, 0.25) is 0 Å². The number of unbranched alkanes of at least 4 members (excludes halogenated alkanes) is 1. The lowest BCUT2D eigenvalue weighted by molar-refractivity contribution is 0.590. The summed E-state index contributed by atoms with van der Waals surface area (Å²) >= 11 is 0. The van der Waals surface area contributed by atoms with Gasteiger partial charge in [-0.2, -0.15) is 0 Å². The van der Waals surface area contributed by atoms with Crippen LogP contribution in [0.5, 0.6) is 0 Å². The van der Waals surface area contributed by atoms with Crippen molar-refractivity contribution in [3.05, 3.63) is 29.8 Å². The molecule has 0 bridgehead atoms. The van der Waals surface area contributed by atoms with Gasteiger partial charge in [0.1, 0.15) is 0 Å². The summed E-state index contributed by atoms with van der Waals surface area (Å²) < 4.78 is 26.1. The maximum absolute atomic E-state index is 11.7. The summed E-state index contributed by atoms with van der Waals surface area (Å²) in [5, 5.41) is 0. The van der Waals surface area contributed by atoms with Crippen molar-refractivity contribution in [2.24, 2.45) is 0 Å². The van der Waals surface area contributed by atoms with Crippen LogP contribution in [0.4, 0.5) is 5.69 Å². The van der Waals surface area contributed by atoms with E-state index in [9.17, 15) is 8.42 Å². The summed E-state index contributed by atoms with van der Waals surface area (Å²) in [6, 6.07) is 7.59. The smallest absolute Gasteiger partial charge is 0.232 e. The highest BCUT2D eigenvalue weighted by Gasteiger charge is 2.14. The summed E-state index contributed by atoms with van der Waals surface area (Å²) in [4.78, 5) is 0. The molecule has 102 valence electrons. The van der Waals surface area contributed by atoms with Gasteiger partial charge in [-0.15, -0.1) is 0 Å². The van der Waals surface area contributed by atoms with Gasteiger partial charge in [-0.25, -0.2) is 8.42 Å². The second-order valence-corrected chi connectivity index (χ2v) is 7.44. The van der Waals surface area contributed by atoms with Crippen molar-refractivity contribution in [3.63, 3.8) is 0 Å². The summed E-state index contributed by atoms with van der Waals surface area (Å²) in [6.07, 6.45) is 1.57. The first-order valence-electron chi connectivity index (χ1n) is 6.35. The number of rotatable bonds is 5. The normalized spacial score (nSPS) is 12.4. The molecule has 1 aromatic rings. The maximum atomic E-state index is 11.7. The van der Waals surface area contributed by atoms with Gasteiger partial charge in [0.2, 0.25) is 10.0 Å². The van der Waals surface area contributed by atoms with Crippen molar-refractivity contribution >= 4 is 15.7 Å². The van der Waals surface area contributed by atoms with E-state index in [2.05, 4.69) is 25.5 Å². The monoisotopic (exact) mass is 269 g/mol. The second kappa shape index (κ2) is 5.74. The fourth-order valence-corrected chi connectivity index (χ4v) is 2.87. The maximum Gasteiger partial charge on any atom is 0.232 e. The van der Waals surface area contributed by atoms with Crippen LogP contribution in [0, 0.1) is 0 Å².